The number of nitrogens with one attached hydrogen (secondary N) is 2. The number of hydrogen-bond donors (Lipinski definition) is 2. The highest BCUT2D eigenvalue weighted by Crippen LogP contribution is 2.26. The van der Waals surface area contributed by atoms with Crippen molar-refractivity contribution in [2.24, 2.45) is 7.05 Å². The van der Waals surface area contributed by atoms with Crippen molar-refractivity contribution >= 4 is 41.2 Å². The Labute approximate surface area is 193 Å². The molecule has 0 unspecified atom stereocenters. The number of rotatable bonds is 7. The van der Waals surface area contributed by atoms with Crippen molar-refractivity contribution < 1.29 is 0 Å². The number of imidazole rings is 1. The van der Waals surface area contributed by atoms with Crippen LogP contribution in [0.3, 0.4) is 0 Å². The van der Waals surface area contributed by atoms with Crippen molar-refractivity contribution in [1.82, 2.24) is 29.4 Å². The molecule has 1 aliphatic rings. The summed E-state index contributed by atoms with van der Waals surface area (Å²) in [6, 6.07) is 5.85. The molecule has 2 aromatic heterocycles. The van der Waals surface area contributed by atoms with Gasteiger partial charge in [0, 0.05) is 33.2 Å². The Balaban J connectivity index is 1.50. The van der Waals surface area contributed by atoms with E-state index in [0.717, 1.165) is 43.1 Å². The average molecular weight is 454 g/mol. The van der Waals surface area contributed by atoms with Gasteiger partial charge in [-0.2, -0.15) is 15.0 Å². The van der Waals surface area contributed by atoms with Crippen molar-refractivity contribution in [3.8, 4) is 0 Å². The molecule has 0 amide bonds. The summed E-state index contributed by atoms with van der Waals surface area (Å²) >= 11 is 6.33. The van der Waals surface area contributed by atoms with Crippen LogP contribution in [0, 0.1) is 6.92 Å². The minimum Gasteiger partial charge on any atom is -0.378 e. The number of anilines is 4. The lowest BCUT2D eigenvalue weighted by atomic mass is 10.2. The maximum absolute atomic E-state index is 6.33. The van der Waals surface area contributed by atoms with Crippen molar-refractivity contribution in [2.45, 2.75) is 13.5 Å². The van der Waals surface area contributed by atoms with Gasteiger partial charge in [0.05, 0.1) is 29.1 Å². The van der Waals surface area contributed by atoms with Crippen LogP contribution in [-0.2, 0) is 13.6 Å². The van der Waals surface area contributed by atoms with E-state index in [1.54, 1.807) is 6.08 Å². The van der Waals surface area contributed by atoms with Gasteiger partial charge in [-0.05, 0) is 31.7 Å². The minimum atomic E-state index is 0.444. The van der Waals surface area contributed by atoms with Gasteiger partial charge in [-0.15, -0.1) is 0 Å². The highest BCUT2D eigenvalue weighted by molar-refractivity contribution is 6.33. The van der Waals surface area contributed by atoms with Crippen molar-refractivity contribution in [2.75, 3.05) is 48.8 Å². The first-order valence-electron chi connectivity index (χ1n) is 10.5. The number of piperazine rings is 1. The first kappa shape index (κ1) is 22.0. The lowest BCUT2D eigenvalue weighted by Crippen LogP contribution is -2.45. The van der Waals surface area contributed by atoms with E-state index >= 15 is 0 Å². The van der Waals surface area contributed by atoms with Crippen molar-refractivity contribution in [3.63, 3.8) is 0 Å². The molecule has 2 N–H and O–H groups in total. The molecule has 3 heterocycles. The van der Waals surface area contributed by atoms with E-state index in [1.807, 2.05) is 42.9 Å². The summed E-state index contributed by atoms with van der Waals surface area (Å²) in [5.41, 5.74) is 3.01. The van der Waals surface area contributed by atoms with E-state index in [9.17, 15) is 0 Å². The average Bonchev–Trinajstić information content (AvgIpc) is 3.13. The van der Waals surface area contributed by atoms with Gasteiger partial charge >= 0.3 is 0 Å². The first-order chi connectivity index (χ1) is 15.4. The molecule has 0 atom stereocenters. The normalized spacial score (nSPS) is 14.4. The molecular formula is C22H28ClN9. The van der Waals surface area contributed by atoms with Crippen molar-refractivity contribution in [1.29, 1.82) is 0 Å². The van der Waals surface area contributed by atoms with Crippen LogP contribution in [0.2, 0.25) is 5.02 Å². The number of aromatic nitrogens is 5. The Morgan fingerprint density at radius 3 is 2.62 bits per heavy atom. The second-order valence-electron chi connectivity index (χ2n) is 7.85. The molecule has 4 rings (SSSR count). The Kier molecular flexibility index (Phi) is 6.57. The van der Waals surface area contributed by atoms with Gasteiger partial charge in [-0.3, -0.25) is 5.32 Å². The number of aryl methyl sites for hydroxylation is 1. The topological polar surface area (TPSA) is 87.0 Å². The summed E-state index contributed by atoms with van der Waals surface area (Å²) in [5, 5.41) is 7.33. The van der Waals surface area contributed by atoms with Crippen LogP contribution in [0.15, 0.2) is 31.0 Å². The molecule has 1 fully saturated rings. The molecular weight excluding hydrogens is 426 g/mol. The molecule has 9 nitrogen and oxygen atoms in total. The number of para-hydroxylation sites is 1. The summed E-state index contributed by atoms with van der Waals surface area (Å²) in [6.07, 6.45) is 3.45. The molecule has 0 saturated carbocycles. The van der Waals surface area contributed by atoms with Crippen LogP contribution in [0.1, 0.15) is 17.1 Å². The van der Waals surface area contributed by atoms with E-state index in [2.05, 4.69) is 54.0 Å². The number of halogens is 1. The number of likely N-dealkylation sites (N-methyl/N-ethyl adjacent to an activating group) is 1. The molecule has 0 radical (unpaired) electrons. The van der Waals surface area contributed by atoms with E-state index < -0.39 is 0 Å². The zero-order chi connectivity index (χ0) is 22.7. The SMILES string of the molecule is C=Cc1nc(Nc2ncc(CNc3c(C)cccc3Cl)n2C)nc(N2CCN(C)CC2)n1. The standard InChI is InChI=1S/C22H28ClN9/c1-5-18-26-20(29-22(27-18)32-11-9-30(3)10-12-32)28-21-25-14-16(31(21)4)13-24-19-15(2)7-6-8-17(19)23/h5-8,14,24H,1,9-13H2,2-4H3,(H,25,26,27,28,29). The Hall–Kier alpha value is -3.17. The van der Waals surface area contributed by atoms with Gasteiger partial charge in [0.25, 0.3) is 0 Å². The van der Waals surface area contributed by atoms with E-state index in [1.165, 1.54) is 0 Å². The summed E-state index contributed by atoms with van der Waals surface area (Å²) in [4.78, 5) is 22.6. The molecule has 168 valence electrons. The first-order valence-corrected chi connectivity index (χ1v) is 10.9. The third-order valence-corrected chi connectivity index (χ3v) is 5.90. The smallest absolute Gasteiger partial charge is 0.234 e. The maximum atomic E-state index is 6.33. The Bertz CT molecular complexity index is 1080. The van der Waals surface area contributed by atoms with Gasteiger partial charge in [0.15, 0.2) is 5.82 Å². The fourth-order valence-corrected chi connectivity index (χ4v) is 3.82. The fraction of sp³-hybridized carbons (Fsp3) is 0.364. The maximum Gasteiger partial charge on any atom is 0.234 e. The largest absolute Gasteiger partial charge is 0.378 e. The van der Waals surface area contributed by atoms with Crippen molar-refractivity contribution in [3.05, 3.63) is 53.1 Å². The summed E-state index contributed by atoms with van der Waals surface area (Å²) in [5.74, 6) is 2.26. The number of hydrogen-bond acceptors (Lipinski definition) is 8. The predicted molar refractivity (Wildman–Crippen MR) is 130 cm³/mol. The second-order valence-corrected chi connectivity index (χ2v) is 8.26. The molecule has 0 bridgehead atoms. The number of benzene rings is 1. The quantitative estimate of drug-likeness (QED) is 0.563. The molecule has 1 aromatic carbocycles. The Morgan fingerprint density at radius 2 is 1.91 bits per heavy atom. The van der Waals surface area contributed by atoms with Crippen LogP contribution >= 0.6 is 11.6 Å². The van der Waals surface area contributed by atoms with Crippen LogP contribution in [-0.4, -0.2) is 62.6 Å². The molecule has 0 aliphatic carbocycles. The van der Waals surface area contributed by atoms with E-state index in [0.29, 0.717) is 35.2 Å². The monoisotopic (exact) mass is 453 g/mol. The summed E-state index contributed by atoms with van der Waals surface area (Å²) < 4.78 is 1.96. The highest BCUT2D eigenvalue weighted by atomic mass is 35.5. The highest BCUT2D eigenvalue weighted by Gasteiger charge is 2.19. The summed E-state index contributed by atoms with van der Waals surface area (Å²) in [6.45, 7) is 10.1. The minimum absolute atomic E-state index is 0.444. The van der Waals surface area contributed by atoms with Crippen LogP contribution < -0.4 is 15.5 Å². The van der Waals surface area contributed by atoms with E-state index in [-0.39, 0.29) is 0 Å². The summed E-state index contributed by atoms with van der Waals surface area (Å²) in [7, 11) is 4.07. The van der Waals surface area contributed by atoms with Gasteiger partial charge in [0.1, 0.15) is 0 Å². The van der Waals surface area contributed by atoms with Gasteiger partial charge in [-0.1, -0.05) is 30.3 Å². The third-order valence-electron chi connectivity index (χ3n) is 5.59. The van der Waals surface area contributed by atoms with E-state index in [4.69, 9.17) is 11.6 Å². The zero-order valence-corrected chi connectivity index (χ0v) is 19.4. The van der Waals surface area contributed by atoms with Gasteiger partial charge in [0.2, 0.25) is 17.8 Å². The van der Waals surface area contributed by atoms with Crippen LogP contribution in [0.25, 0.3) is 6.08 Å². The predicted octanol–water partition coefficient (Wildman–Crippen LogP) is 3.32. The van der Waals surface area contributed by atoms with Gasteiger partial charge < -0.3 is 19.7 Å². The fourth-order valence-electron chi connectivity index (χ4n) is 3.54. The zero-order valence-electron chi connectivity index (χ0n) is 18.6. The molecule has 0 spiro atoms. The lowest BCUT2D eigenvalue weighted by molar-refractivity contribution is 0.311. The molecule has 3 aromatic rings. The molecule has 32 heavy (non-hydrogen) atoms. The Morgan fingerprint density at radius 1 is 1.12 bits per heavy atom. The number of nitrogens with zero attached hydrogens (tertiary/aromatic N) is 7. The molecule has 1 saturated heterocycles. The van der Waals surface area contributed by atoms with Crippen LogP contribution in [0.5, 0.6) is 0 Å². The van der Waals surface area contributed by atoms with Crippen LogP contribution in [0.4, 0.5) is 23.5 Å². The molecule has 1 aliphatic heterocycles. The lowest BCUT2D eigenvalue weighted by Gasteiger charge is -2.32. The molecule has 10 heteroatoms. The van der Waals surface area contributed by atoms with Gasteiger partial charge in [-0.25, -0.2) is 4.98 Å². The second kappa shape index (κ2) is 9.54. The third kappa shape index (κ3) is 4.84.